The molecule has 0 aliphatic rings. The molecule has 0 atom stereocenters. The van der Waals surface area contributed by atoms with Gasteiger partial charge >= 0.3 is 0 Å². The fraction of sp³-hybridized carbons (Fsp3) is 0.267. The Bertz CT molecular complexity index is 752. The van der Waals surface area contributed by atoms with Crippen molar-refractivity contribution in [1.29, 1.82) is 0 Å². The van der Waals surface area contributed by atoms with E-state index >= 15 is 0 Å². The van der Waals surface area contributed by atoms with Crippen LogP contribution in [-0.4, -0.2) is 23.0 Å². The summed E-state index contributed by atoms with van der Waals surface area (Å²) in [6.07, 6.45) is 0.618. The van der Waals surface area contributed by atoms with E-state index < -0.39 is 0 Å². The number of H-pyrrole nitrogens is 1. The van der Waals surface area contributed by atoms with Gasteiger partial charge in [-0.1, -0.05) is 19.1 Å². The number of ether oxygens (including phenoxy) is 1. The van der Waals surface area contributed by atoms with Crippen molar-refractivity contribution >= 4 is 17.6 Å². The number of guanidine groups is 1. The van der Waals surface area contributed by atoms with Gasteiger partial charge in [-0.3, -0.25) is 9.78 Å². The number of anilines is 1. The quantitative estimate of drug-likeness (QED) is 0.589. The number of methoxy groups -OCH3 is 1. The Hall–Kier alpha value is -2.83. The van der Waals surface area contributed by atoms with E-state index in [1.165, 1.54) is 0 Å². The van der Waals surface area contributed by atoms with Crippen molar-refractivity contribution in [3.05, 3.63) is 45.9 Å². The van der Waals surface area contributed by atoms with Gasteiger partial charge in [0.2, 0.25) is 11.9 Å². The van der Waals surface area contributed by atoms with E-state index in [1.54, 1.807) is 20.1 Å². The standard InChI is InChI=1S/C15H19N5O2/c1-4-10-9(2)17-15(19-13(10)21)20-14(16)18-11-7-5-6-8-12(11)22-3/h5-8H,4H2,1-3H3,(H4,16,17,18,19,20,21). The topological polar surface area (TPSA) is 105 Å². The molecule has 116 valence electrons. The Kier molecular flexibility index (Phi) is 4.77. The summed E-state index contributed by atoms with van der Waals surface area (Å²) < 4.78 is 5.22. The molecule has 1 heterocycles. The normalized spacial score (nSPS) is 11.3. The van der Waals surface area contributed by atoms with Gasteiger partial charge in [0.05, 0.1) is 12.8 Å². The highest BCUT2D eigenvalue weighted by atomic mass is 16.5. The minimum Gasteiger partial charge on any atom is -0.495 e. The molecule has 1 aromatic carbocycles. The maximum Gasteiger partial charge on any atom is 0.255 e. The van der Waals surface area contributed by atoms with Crippen LogP contribution < -0.4 is 21.3 Å². The van der Waals surface area contributed by atoms with Crippen molar-refractivity contribution in [2.45, 2.75) is 20.3 Å². The second kappa shape index (κ2) is 6.75. The summed E-state index contributed by atoms with van der Waals surface area (Å²) >= 11 is 0. The number of nitrogens with one attached hydrogen (secondary N) is 2. The van der Waals surface area contributed by atoms with Crippen molar-refractivity contribution in [3.63, 3.8) is 0 Å². The van der Waals surface area contributed by atoms with Crippen LogP contribution >= 0.6 is 0 Å². The smallest absolute Gasteiger partial charge is 0.255 e. The number of rotatable bonds is 4. The van der Waals surface area contributed by atoms with Gasteiger partial charge in [-0.05, 0) is 25.5 Å². The molecule has 0 amide bonds. The molecule has 4 N–H and O–H groups in total. The number of aromatic amines is 1. The van der Waals surface area contributed by atoms with Crippen molar-refractivity contribution in [1.82, 2.24) is 9.97 Å². The lowest BCUT2D eigenvalue weighted by Gasteiger charge is -2.10. The van der Waals surface area contributed by atoms with Crippen LogP contribution in [0.1, 0.15) is 18.2 Å². The maximum atomic E-state index is 11.9. The molecule has 7 nitrogen and oxygen atoms in total. The molecule has 7 heteroatoms. The van der Waals surface area contributed by atoms with Gasteiger partial charge < -0.3 is 15.8 Å². The molecule has 1 aromatic heterocycles. The van der Waals surface area contributed by atoms with Gasteiger partial charge in [0.15, 0.2) is 0 Å². The zero-order valence-corrected chi connectivity index (χ0v) is 12.8. The molecule has 22 heavy (non-hydrogen) atoms. The lowest BCUT2D eigenvalue weighted by Crippen LogP contribution is -2.23. The molecule has 0 fully saturated rings. The summed E-state index contributed by atoms with van der Waals surface area (Å²) in [5.41, 5.74) is 7.63. The number of nitrogens with two attached hydrogens (primary N) is 1. The number of aliphatic imine (C=N–C) groups is 1. The average Bonchev–Trinajstić information content (AvgIpc) is 2.47. The number of benzene rings is 1. The van der Waals surface area contributed by atoms with Crippen LogP contribution in [0.3, 0.4) is 0 Å². The molecule has 2 rings (SSSR count). The molecule has 0 saturated heterocycles. The Morgan fingerprint density at radius 1 is 1.45 bits per heavy atom. The van der Waals surface area contributed by atoms with E-state index in [0.717, 1.165) is 0 Å². The minimum absolute atomic E-state index is 0.108. The summed E-state index contributed by atoms with van der Waals surface area (Å²) in [6.45, 7) is 3.68. The zero-order valence-electron chi connectivity index (χ0n) is 12.8. The van der Waals surface area contributed by atoms with E-state index in [0.29, 0.717) is 29.1 Å². The Balaban J connectivity index is 2.28. The van der Waals surface area contributed by atoms with E-state index in [1.807, 2.05) is 25.1 Å². The van der Waals surface area contributed by atoms with Gasteiger partial charge in [-0.25, -0.2) is 4.98 Å². The van der Waals surface area contributed by atoms with Crippen LogP contribution in [0.4, 0.5) is 11.6 Å². The number of para-hydroxylation sites is 2. The third kappa shape index (κ3) is 3.43. The first-order valence-electron chi connectivity index (χ1n) is 6.89. The van der Waals surface area contributed by atoms with Crippen LogP contribution in [-0.2, 0) is 6.42 Å². The second-order valence-corrected chi connectivity index (χ2v) is 4.63. The first-order valence-corrected chi connectivity index (χ1v) is 6.89. The third-order valence-corrected chi connectivity index (χ3v) is 3.16. The van der Waals surface area contributed by atoms with Crippen LogP contribution in [0.2, 0.25) is 0 Å². The Morgan fingerprint density at radius 3 is 2.82 bits per heavy atom. The Morgan fingerprint density at radius 2 is 2.18 bits per heavy atom. The van der Waals surface area contributed by atoms with Gasteiger partial charge in [-0.2, -0.15) is 4.99 Å². The van der Waals surface area contributed by atoms with Crippen molar-refractivity contribution in [3.8, 4) is 5.75 Å². The number of nitrogens with zero attached hydrogens (tertiary/aromatic N) is 2. The molecular weight excluding hydrogens is 282 g/mol. The largest absolute Gasteiger partial charge is 0.495 e. The van der Waals surface area contributed by atoms with Gasteiger partial charge in [0, 0.05) is 11.3 Å². The predicted octanol–water partition coefficient (Wildman–Crippen LogP) is 1.71. The predicted molar refractivity (Wildman–Crippen MR) is 86.9 cm³/mol. The second-order valence-electron chi connectivity index (χ2n) is 4.63. The molecule has 0 aliphatic carbocycles. The van der Waals surface area contributed by atoms with Crippen molar-refractivity contribution in [2.75, 3.05) is 12.4 Å². The first kappa shape index (κ1) is 15.6. The lowest BCUT2D eigenvalue weighted by atomic mass is 10.2. The van der Waals surface area contributed by atoms with Crippen LogP contribution in [0.5, 0.6) is 5.75 Å². The highest BCUT2D eigenvalue weighted by Gasteiger charge is 2.07. The van der Waals surface area contributed by atoms with Crippen LogP contribution in [0.25, 0.3) is 0 Å². The number of aromatic nitrogens is 2. The molecule has 0 radical (unpaired) electrons. The molecule has 0 spiro atoms. The summed E-state index contributed by atoms with van der Waals surface area (Å²) in [6, 6.07) is 7.31. The number of hydrogen-bond acceptors (Lipinski definition) is 4. The molecule has 0 aliphatic heterocycles. The number of hydrogen-bond donors (Lipinski definition) is 3. The van der Waals surface area contributed by atoms with Crippen LogP contribution in [0, 0.1) is 6.92 Å². The monoisotopic (exact) mass is 301 g/mol. The molecular formula is C15H19N5O2. The van der Waals surface area contributed by atoms with Gasteiger partial charge in [0.25, 0.3) is 5.56 Å². The SMILES string of the molecule is CCc1c(C)nc(N=C(N)Nc2ccccc2OC)[nH]c1=O. The van der Waals surface area contributed by atoms with E-state index in [9.17, 15) is 4.79 Å². The van der Waals surface area contributed by atoms with Gasteiger partial charge in [-0.15, -0.1) is 0 Å². The highest BCUT2D eigenvalue weighted by Crippen LogP contribution is 2.22. The molecule has 0 bridgehead atoms. The van der Waals surface area contributed by atoms with Crippen molar-refractivity contribution < 1.29 is 4.74 Å². The minimum atomic E-state index is -0.196. The number of aryl methyl sites for hydroxylation is 1. The lowest BCUT2D eigenvalue weighted by molar-refractivity contribution is 0.417. The summed E-state index contributed by atoms with van der Waals surface area (Å²) in [5, 5.41) is 2.92. The van der Waals surface area contributed by atoms with Crippen LogP contribution in [0.15, 0.2) is 34.1 Å². The summed E-state index contributed by atoms with van der Waals surface area (Å²) in [4.78, 5) is 22.8. The average molecular weight is 301 g/mol. The van der Waals surface area contributed by atoms with Crippen molar-refractivity contribution in [2.24, 2.45) is 10.7 Å². The van der Waals surface area contributed by atoms with E-state index in [2.05, 4.69) is 20.3 Å². The third-order valence-electron chi connectivity index (χ3n) is 3.16. The molecule has 0 unspecified atom stereocenters. The first-order chi connectivity index (χ1) is 10.5. The van der Waals surface area contributed by atoms with Gasteiger partial charge in [0.1, 0.15) is 5.75 Å². The fourth-order valence-corrected chi connectivity index (χ4v) is 2.09. The maximum absolute atomic E-state index is 11.9. The van der Waals surface area contributed by atoms with E-state index in [4.69, 9.17) is 10.5 Å². The zero-order chi connectivity index (χ0) is 16.1. The molecule has 2 aromatic rings. The van der Waals surface area contributed by atoms with E-state index in [-0.39, 0.29) is 17.5 Å². The Labute approximate surface area is 128 Å². The molecule has 0 saturated carbocycles. The summed E-state index contributed by atoms with van der Waals surface area (Å²) in [7, 11) is 1.57. The highest BCUT2D eigenvalue weighted by molar-refractivity contribution is 5.94. The summed E-state index contributed by atoms with van der Waals surface area (Å²) in [5.74, 6) is 0.913. The fourth-order valence-electron chi connectivity index (χ4n) is 2.09.